The molecule has 0 saturated heterocycles. The first-order valence-corrected chi connectivity index (χ1v) is 11.3. The number of ketones is 1. The molecule has 0 bridgehead atoms. The average molecular weight is 413 g/mol. The molecule has 4 heteroatoms. The molecule has 164 valence electrons. The molecule has 0 fully saturated rings. The van der Waals surface area contributed by atoms with Gasteiger partial charge in [-0.25, -0.2) is 0 Å². The van der Waals surface area contributed by atoms with Gasteiger partial charge in [0.15, 0.2) is 5.78 Å². The van der Waals surface area contributed by atoms with Crippen molar-refractivity contribution in [1.29, 1.82) is 0 Å². The second-order valence-electron chi connectivity index (χ2n) is 8.33. The van der Waals surface area contributed by atoms with Gasteiger partial charge in [-0.05, 0) is 76.4 Å². The van der Waals surface area contributed by atoms with Crippen LogP contribution in [0.2, 0.25) is 0 Å². The summed E-state index contributed by atoms with van der Waals surface area (Å²) in [4.78, 5) is 23.8. The Balaban J connectivity index is 1.71. The van der Waals surface area contributed by atoms with E-state index < -0.39 is 0 Å². The Morgan fingerprint density at radius 2 is 1.83 bits per heavy atom. The second kappa shape index (κ2) is 13.2. The summed E-state index contributed by atoms with van der Waals surface area (Å²) in [5.74, 6) is 0.0918. The van der Waals surface area contributed by atoms with Crippen LogP contribution in [0.25, 0.3) is 0 Å². The number of ether oxygens (including phenoxy) is 1. The van der Waals surface area contributed by atoms with Crippen LogP contribution in [0.5, 0.6) is 0 Å². The van der Waals surface area contributed by atoms with Crippen molar-refractivity contribution in [2.45, 2.75) is 90.3 Å². The van der Waals surface area contributed by atoms with Crippen molar-refractivity contribution in [2.24, 2.45) is 0 Å². The van der Waals surface area contributed by atoms with E-state index in [9.17, 15) is 14.7 Å². The van der Waals surface area contributed by atoms with E-state index in [2.05, 4.69) is 12.1 Å². The Bertz CT molecular complexity index is 731. The first-order valence-electron chi connectivity index (χ1n) is 11.3. The number of benzene rings is 1. The lowest BCUT2D eigenvalue weighted by Crippen LogP contribution is -2.10. The number of rotatable bonds is 13. The first-order chi connectivity index (χ1) is 14.5. The van der Waals surface area contributed by atoms with Crippen LogP contribution in [0.3, 0.4) is 0 Å². The minimum Gasteiger partial charge on any atom is -0.463 e. The molecule has 0 unspecified atom stereocenters. The van der Waals surface area contributed by atoms with Crippen LogP contribution in [0, 0.1) is 0 Å². The molecule has 1 aliphatic rings. The predicted molar refractivity (Wildman–Crippen MR) is 120 cm³/mol. The molecule has 1 aliphatic carbocycles. The summed E-state index contributed by atoms with van der Waals surface area (Å²) in [7, 11) is 0. The minimum atomic E-state index is -0.337. The molecule has 1 N–H and O–H groups in total. The SMILES string of the molecule is CC(C)OC(=O)CCC/C=C\CC1=C(CC[C@H](O)CCc2ccccc2)CCC1=O. The van der Waals surface area contributed by atoms with Gasteiger partial charge in [0.05, 0.1) is 12.2 Å². The molecular weight excluding hydrogens is 376 g/mol. The largest absolute Gasteiger partial charge is 0.463 e. The number of hydrogen-bond donors (Lipinski definition) is 1. The predicted octanol–water partition coefficient (Wildman–Crippen LogP) is 5.49. The lowest BCUT2D eigenvalue weighted by Gasteiger charge is -2.12. The zero-order chi connectivity index (χ0) is 21.8. The van der Waals surface area contributed by atoms with Crippen molar-refractivity contribution in [3.63, 3.8) is 0 Å². The fraction of sp³-hybridized carbons (Fsp3) is 0.538. The molecule has 0 aromatic heterocycles. The Kier molecular flexibility index (Phi) is 10.6. The fourth-order valence-corrected chi connectivity index (χ4v) is 3.77. The summed E-state index contributed by atoms with van der Waals surface area (Å²) in [6, 6.07) is 10.2. The molecule has 1 aromatic carbocycles. The van der Waals surface area contributed by atoms with Gasteiger partial charge in [-0.2, -0.15) is 0 Å². The van der Waals surface area contributed by atoms with Crippen LogP contribution in [0.1, 0.15) is 77.2 Å². The smallest absolute Gasteiger partial charge is 0.306 e. The van der Waals surface area contributed by atoms with Gasteiger partial charge in [-0.1, -0.05) is 48.1 Å². The van der Waals surface area contributed by atoms with Crippen molar-refractivity contribution >= 4 is 11.8 Å². The highest BCUT2D eigenvalue weighted by Gasteiger charge is 2.22. The van der Waals surface area contributed by atoms with E-state index in [1.807, 2.05) is 44.2 Å². The van der Waals surface area contributed by atoms with E-state index in [0.717, 1.165) is 44.1 Å². The van der Waals surface area contributed by atoms with Crippen molar-refractivity contribution in [3.05, 3.63) is 59.2 Å². The maximum atomic E-state index is 12.2. The summed E-state index contributed by atoms with van der Waals surface area (Å²) >= 11 is 0. The van der Waals surface area contributed by atoms with Crippen molar-refractivity contribution < 1.29 is 19.4 Å². The molecule has 0 saturated carbocycles. The second-order valence-corrected chi connectivity index (χ2v) is 8.33. The van der Waals surface area contributed by atoms with Crippen LogP contribution in [0.15, 0.2) is 53.6 Å². The van der Waals surface area contributed by atoms with Crippen LogP contribution in [0.4, 0.5) is 0 Å². The Morgan fingerprint density at radius 1 is 1.10 bits per heavy atom. The highest BCUT2D eigenvalue weighted by molar-refractivity contribution is 5.98. The molecule has 1 aromatic rings. The van der Waals surface area contributed by atoms with Gasteiger partial charge in [0, 0.05) is 12.8 Å². The number of unbranched alkanes of at least 4 members (excludes halogenated alkanes) is 1. The lowest BCUT2D eigenvalue weighted by atomic mass is 9.98. The van der Waals surface area contributed by atoms with E-state index in [1.54, 1.807) is 0 Å². The van der Waals surface area contributed by atoms with Gasteiger partial charge in [0.2, 0.25) is 0 Å². The third-order valence-corrected chi connectivity index (χ3v) is 5.41. The number of allylic oxidation sites excluding steroid dienone is 4. The molecule has 0 radical (unpaired) electrons. The van der Waals surface area contributed by atoms with Crippen molar-refractivity contribution in [3.8, 4) is 0 Å². The van der Waals surface area contributed by atoms with Gasteiger partial charge in [-0.3, -0.25) is 9.59 Å². The lowest BCUT2D eigenvalue weighted by molar-refractivity contribution is -0.147. The Hall–Kier alpha value is -2.20. The maximum absolute atomic E-state index is 12.2. The summed E-state index contributed by atoms with van der Waals surface area (Å²) < 4.78 is 5.12. The number of Topliss-reactive ketones (excluding diaryl/α,β-unsaturated/α-hetero) is 1. The van der Waals surface area contributed by atoms with Crippen molar-refractivity contribution in [2.75, 3.05) is 0 Å². The zero-order valence-electron chi connectivity index (χ0n) is 18.4. The molecule has 0 aliphatic heterocycles. The molecule has 4 nitrogen and oxygen atoms in total. The maximum Gasteiger partial charge on any atom is 0.306 e. The average Bonchev–Trinajstić information content (AvgIpc) is 3.07. The fourth-order valence-electron chi connectivity index (χ4n) is 3.77. The number of aliphatic hydroxyl groups is 1. The molecule has 2 rings (SSSR count). The van der Waals surface area contributed by atoms with Crippen LogP contribution >= 0.6 is 0 Å². The number of carbonyl (C=O) groups is 2. The van der Waals surface area contributed by atoms with E-state index in [1.165, 1.54) is 11.1 Å². The summed E-state index contributed by atoms with van der Waals surface area (Å²) in [6.07, 6.45) is 10.9. The summed E-state index contributed by atoms with van der Waals surface area (Å²) in [5.41, 5.74) is 3.39. The van der Waals surface area contributed by atoms with E-state index >= 15 is 0 Å². The van der Waals surface area contributed by atoms with E-state index in [4.69, 9.17) is 4.74 Å². The summed E-state index contributed by atoms with van der Waals surface area (Å²) in [5, 5.41) is 10.3. The normalized spacial score (nSPS) is 15.4. The number of hydrogen-bond acceptors (Lipinski definition) is 4. The molecule has 0 spiro atoms. The van der Waals surface area contributed by atoms with Gasteiger partial charge in [0.25, 0.3) is 0 Å². The van der Waals surface area contributed by atoms with Crippen LogP contribution < -0.4 is 0 Å². The highest BCUT2D eigenvalue weighted by atomic mass is 16.5. The standard InChI is InChI=1S/C26H36O4/c1-20(2)30-26(29)13-9-4-3-8-12-24-22(16-19-25(24)28)15-18-23(27)17-14-21-10-6-5-7-11-21/h3,5-8,10-11,20,23,27H,4,9,12-19H2,1-2H3/b8-3-/t23-/m1/s1. The van der Waals surface area contributed by atoms with Gasteiger partial charge in [0.1, 0.15) is 0 Å². The quantitative estimate of drug-likeness (QED) is 0.264. The Morgan fingerprint density at radius 3 is 2.57 bits per heavy atom. The molecule has 0 amide bonds. The van der Waals surface area contributed by atoms with Crippen LogP contribution in [-0.4, -0.2) is 29.1 Å². The third kappa shape index (κ3) is 9.08. The topological polar surface area (TPSA) is 63.6 Å². The molecule has 0 heterocycles. The number of carbonyl (C=O) groups excluding carboxylic acids is 2. The number of aliphatic hydroxyl groups excluding tert-OH is 1. The minimum absolute atomic E-state index is 0.0661. The van der Waals surface area contributed by atoms with Gasteiger partial charge < -0.3 is 9.84 Å². The zero-order valence-corrected chi connectivity index (χ0v) is 18.4. The number of esters is 1. The first kappa shape index (κ1) is 24.1. The summed E-state index contributed by atoms with van der Waals surface area (Å²) in [6.45, 7) is 3.70. The Labute approximate surface area is 181 Å². The van der Waals surface area contributed by atoms with E-state index in [-0.39, 0.29) is 24.0 Å². The monoisotopic (exact) mass is 412 g/mol. The highest BCUT2D eigenvalue weighted by Crippen LogP contribution is 2.30. The van der Waals surface area contributed by atoms with E-state index in [0.29, 0.717) is 25.7 Å². The van der Waals surface area contributed by atoms with Crippen LogP contribution in [-0.2, 0) is 20.7 Å². The van der Waals surface area contributed by atoms with Gasteiger partial charge >= 0.3 is 5.97 Å². The number of aryl methyl sites for hydroxylation is 1. The molecule has 1 atom stereocenters. The van der Waals surface area contributed by atoms with Gasteiger partial charge in [-0.15, -0.1) is 0 Å². The molecular formula is C26H36O4. The molecule has 30 heavy (non-hydrogen) atoms. The van der Waals surface area contributed by atoms with Crippen molar-refractivity contribution in [1.82, 2.24) is 0 Å². The third-order valence-electron chi connectivity index (χ3n) is 5.41.